The molecule has 0 fully saturated rings. The first-order valence-electron chi connectivity index (χ1n) is 21.5. The first-order chi connectivity index (χ1) is 25.5. The molecule has 2 N–H and O–H groups in total. The summed E-state index contributed by atoms with van der Waals surface area (Å²) in [6, 6.07) is -0.903. The van der Waals surface area contributed by atoms with Crippen LogP contribution in [0.4, 0.5) is 0 Å². The Balaban J connectivity index is 4.35. The molecule has 310 valence electrons. The van der Waals surface area contributed by atoms with Crippen molar-refractivity contribution < 1.29 is 32.9 Å². The molecule has 3 unspecified atom stereocenters. The first kappa shape index (κ1) is 51.5. The van der Waals surface area contributed by atoms with E-state index in [2.05, 4.69) is 55.6 Å². The molecule has 0 aromatic carbocycles. The fourth-order valence-electron chi connectivity index (χ4n) is 5.78. The standard InChI is InChI=1S/C44H83N2O6P/c1-6-8-10-12-14-16-18-19-20-21-22-23-24-25-26-27-28-30-32-34-36-38-44(48)45-42(41-52-53(49,50)51-40-39-46(3,4)5)43(47)37-35-33-31-29-17-15-13-11-9-7-2/h17-19,21-22,29,35,37,42-43,47H,6-16,20,23-28,30-34,36,38-41H2,1-5H3,(H-,45,48,49,50)/b19-18-,22-21-,29-17+,37-35+. The molecule has 0 aromatic rings. The molecule has 0 aliphatic heterocycles. The number of carbonyl (C=O) groups is 1. The number of phosphoric acid groups is 1. The minimum atomic E-state index is -4.59. The number of likely N-dealkylation sites (N-methyl/N-ethyl adjacent to an activating group) is 1. The summed E-state index contributed by atoms with van der Waals surface area (Å²) in [5.41, 5.74) is 0. The number of nitrogens with one attached hydrogen (secondary N) is 1. The van der Waals surface area contributed by atoms with E-state index in [0.717, 1.165) is 44.9 Å². The lowest BCUT2D eigenvalue weighted by atomic mass is 10.1. The molecule has 0 aliphatic carbocycles. The molecule has 0 aliphatic rings. The lowest BCUT2D eigenvalue weighted by Crippen LogP contribution is -2.45. The number of aliphatic hydroxyl groups is 1. The van der Waals surface area contributed by atoms with Gasteiger partial charge in [-0.05, 0) is 64.2 Å². The van der Waals surface area contributed by atoms with Crippen molar-refractivity contribution in [3.05, 3.63) is 48.6 Å². The summed E-state index contributed by atoms with van der Waals surface area (Å²) in [4.78, 5) is 25.2. The number of carbonyl (C=O) groups excluding carboxylic acids is 1. The molecule has 0 saturated carbocycles. The summed E-state index contributed by atoms with van der Waals surface area (Å²) >= 11 is 0. The average molecular weight is 767 g/mol. The summed E-state index contributed by atoms with van der Waals surface area (Å²) in [5.74, 6) is -0.216. The molecule has 9 heteroatoms. The predicted octanol–water partition coefficient (Wildman–Crippen LogP) is 11.1. The van der Waals surface area contributed by atoms with Gasteiger partial charge >= 0.3 is 0 Å². The van der Waals surface area contributed by atoms with Crippen molar-refractivity contribution in [1.29, 1.82) is 0 Å². The van der Waals surface area contributed by atoms with Gasteiger partial charge in [0.25, 0.3) is 7.82 Å². The Bertz CT molecular complexity index is 1010. The van der Waals surface area contributed by atoms with Crippen molar-refractivity contribution in [2.24, 2.45) is 0 Å². The molecule has 8 nitrogen and oxygen atoms in total. The summed E-state index contributed by atoms with van der Waals surface area (Å²) in [6.45, 7) is 4.55. The fraction of sp³-hybridized carbons (Fsp3) is 0.795. The Morgan fingerprint density at radius 3 is 1.66 bits per heavy atom. The van der Waals surface area contributed by atoms with E-state index < -0.39 is 26.6 Å². The number of unbranched alkanes of at least 4 members (excludes halogenated alkanes) is 19. The fourth-order valence-corrected chi connectivity index (χ4v) is 6.51. The minimum absolute atomic E-state index is 0.00880. The van der Waals surface area contributed by atoms with Gasteiger partial charge < -0.3 is 28.8 Å². The van der Waals surface area contributed by atoms with Gasteiger partial charge in [-0.25, -0.2) is 0 Å². The van der Waals surface area contributed by atoms with Gasteiger partial charge in [-0.15, -0.1) is 0 Å². The van der Waals surface area contributed by atoms with Crippen LogP contribution >= 0.6 is 7.82 Å². The monoisotopic (exact) mass is 767 g/mol. The lowest BCUT2D eigenvalue weighted by molar-refractivity contribution is -0.870. The molecule has 0 aromatic heterocycles. The van der Waals surface area contributed by atoms with Crippen LogP contribution < -0.4 is 10.2 Å². The summed E-state index contributed by atoms with van der Waals surface area (Å²) in [5, 5.41) is 13.7. The molecule has 1 amide bonds. The highest BCUT2D eigenvalue weighted by Gasteiger charge is 2.23. The summed E-state index contributed by atoms with van der Waals surface area (Å²) in [6.07, 6.45) is 44.5. The third-order valence-electron chi connectivity index (χ3n) is 9.26. The molecule has 0 rings (SSSR count). The van der Waals surface area contributed by atoms with E-state index in [1.54, 1.807) is 6.08 Å². The summed E-state index contributed by atoms with van der Waals surface area (Å²) in [7, 11) is 1.23. The van der Waals surface area contributed by atoms with Gasteiger partial charge in [-0.1, -0.05) is 152 Å². The van der Waals surface area contributed by atoms with E-state index in [1.165, 1.54) is 109 Å². The third kappa shape index (κ3) is 38.5. The van der Waals surface area contributed by atoms with E-state index in [-0.39, 0.29) is 12.5 Å². The SMILES string of the molecule is CCCCCC/C=C/CC/C=C/C(O)C(COP(=O)([O-])OCC[N+](C)(C)C)NC(=O)CCCCCCCCCCC/C=C\C/C=C\CCCCCCC. The van der Waals surface area contributed by atoms with Crippen molar-refractivity contribution in [3.63, 3.8) is 0 Å². The zero-order valence-electron chi connectivity index (χ0n) is 35.0. The zero-order valence-corrected chi connectivity index (χ0v) is 35.8. The lowest BCUT2D eigenvalue weighted by Gasteiger charge is -2.29. The molecule has 0 bridgehead atoms. The van der Waals surface area contributed by atoms with Gasteiger partial charge in [0.05, 0.1) is 39.9 Å². The van der Waals surface area contributed by atoms with Crippen LogP contribution in [0, 0.1) is 0 Å². The third-order valence-corrected chi connectivity index (χ3v) is 10.2. The molecule has 0 saturated heterocycles. The van der Waals surface area contributed by atoms with Crippen LogP contribution in [-0.4, -0.2) is 68.5 Å². The van der Waals surface area contributed by atoms with Gasteiger partial charge in [0, 0.05) is 6.42 Å². The number of quaternary nitrogens is 1. The van der Waals surface area contributed by atoms with Gasteiger partial charge in [-0.2, -0.15) is 0 Å². The largest absolute Gasteiger partial charge is 0.756 e. The highest BCUT2D eigenvalue weighted by Crippen LogP contribution is 2.38. The molecule has 0 spiro atoms. The predicted molar refractivity (Wildman–Crippen MR) is 224 cm³/mol. The van der Waals surface area contributed by atoms with E-state index >= 15 is 0 Å². The first-order valence-corrected chi connectivity index (χ1v) is 23.0. The van der Waals surface area contributed by atoms with Crippen molar-refractivity contribution in [2.45, 2.75) is 187 Å². The average Bonchev–Trinajstić information content (AvgIpc) is 3.10. The Morgan fingerprint density at radius 2 is 1.11 bits per heavy atom. The molecule has 0 radical (unpaired) electrons. The van der Waals surface area contributed by atoms with Crippen molar-refractivity contribution in [2.75, 3.05) is 40.9 Å². The van der Waals surface area contributed by atoms with Crippen LogP contribution in [0.3, 0.4) is 0 Å². The van der Waals surface area contributed by atoms with Crippen LogP contribution in [0.5, 0.6) is 0 Å². The smallest absolute Gasteiger partial charge is 0.268 e. The molecule has 53 heavy (non-hydrogen) atoms. The molecule has 3 atom stereocenters. The number of nitrogens with zero attached hydrogens (tertiary/aromatic N) is 1. The van der Waals surface area contributed by atoms with Crippen LogP contribution in [0.15, 0.2) is 48.6 Å². The number of hydrogen-bond donors (Lipinski definition) is 2. The van der Waals surface area contributed by atoms with E-state index in [9.17, 15) is 19.4 Å². The van der Waals surface area contributed by atoms with Gasteiger partial charge in [0.2, 0.25) is 5.91 Å². The van der Waals surface area contributed by atoms with Crippen molar-refractivity contribution >= 4 is 13.7 Å². The molecular weight excluding hydrogens is 683 g/mol. The second-order valence-electron chi connectivity index (χ2n) is 15.7. The number of phosphoric ester groups is 1. The molecule has 0 heterocycles. The van der Waals surface area contributed by atoms with Crippen molar-refractivity contribution in [1.82, 2.24) is 5.32 Å². The maximum Gasteiger partial charge on any atom is 0.268 e. The zero-order chi connectivity index (χ0) is 39.3. The topological polar surface area (TPSA) is 108 Å². The highest BCUT2D eigenvalue weighted by atomic mass is 31.2. The summed E-state index contributed by atoms with van der Waals surface area (Å²) < 4.78 is 23.1. The number of amides is 1. The highest BCUT2D eigenvalue weighted by molar-refractivity contribution is 7.45. The van der Waals surface area contributed by atoms with Crippen LogP contribution in [0.1, 0.15) is 174 Å². The Hall–Kier alpha value is -1.54. The quantitative estimate of drug-likeness (QED) is 0.0280. The Morgan fingerprint density at radius 1 is 0.660 bits per heavy atom. The van der Waals surface area contributed by atoms with Crippen LogP contribution in [0.25, 0.3) is 0 Å². The van der Waals surface area contributed by atoms with E-state index in [1.807, 2.05) is 27.2 Å². The number of rotatable bonds is 38. The number of aliphatic hydroxyl groups excluding tert-OH is 1. The number of hydrogen-bond acceptors (Lipinski definition) is 6. The normalized spacial score (nSPS) is 14.9. The maximum absolute atomic E-state index is 12.8. The second kappa shape index (κ2) is 36.1. The Labute approximate surface area is 327 Å². The maximum atomic E-state index is 12.8. The minimum Gasteiger partial charge on any atom is -0.756 e. The van der Waals surface area contributed by atoms with Crippen LogP contribution in [0.2, 0.25) is 0 Å². The van der Waals surface area contributed by atoms with E-state index in [0.29, 0.717) is 17.4 Å². The second-order valence-corrected chi connectivity index (χ2v) is 17.1. The number of allylic oxidation sites excluding steroid dienone is 7. The van der Waals surface area contributed by atoms with Crippen LogP contribution in [-0.2, 0) is 18.4 Å². The van der Waals surface area contributed by atoms with E-state index in [4.69, 9.17) is 9.05 Å². The van der Waals surface area contributed by atoms with Gasteiger partial charge in [0.1, 0.15) is 13.2 Å². The van der Waals surface area contributed by atoms with Gasteiger partial charge in [0.15, 0.2) is 0 Å². The molecular formula is C44H83N2O6P. The van der Waals surface area contributed by atoms with Gasteiger partial charge in [-0.3, -0.25) is 9.36 Å². The van der Waals surface area contributed by atoms with Crippen molar-refractivity contribution in [3.8, 4) is 0 Å². The Kier molecular flexibility index (Phi) is 35.1.